The van der Waals surface area contributed by atoms with E-state index in [1.54, 1.807) is 0 Å². The number of carbonyl (C=O) groups is 1. The minimum Gasteiger partial charge on any atom is -0.468 e. The second-order valence-electron chi connectivity index (χ2n) is 2.16. The largest absolute Gasteiger partial charge is 0.468 e. The highest BCUT2D eigenvalue weighted by Gasteiger charge is 2.07. The molecule has 3 N–H and O–H groups in total. The zero-order chi connectivity index (χ0) is 9.68. The molecule has 0 atom stereocenters. The highest BCUT2D eigenvalue weighted by Crippen LogP contribution is 2.08. The van der Waals surface area contributed by atoms with Crippen LogP contribution in [-0.2, 0) is 6.54 Å². The second-order valence-corrected chi connectivity index (χ2v) is 2.16. The molecule has 0 fully saturated rings. The molecule has 0 unspecified atom stereocenters. The Morgan fingerprint density at radius 3 is 3.23 bits per heavy atom. The van der Waals surface area contributed by atoms with Crippen molar-refractivity contribution in [3.63, 3.8) is 0 Å². The van der Waals surface area contributed by atoms with Gasteiger partial charge in [-0.25, -0.2) is 5.84 Å². The summed E-state index contributed by atoms with van der Waals surface area (Å²) < 4.78 is 4.91. The van der Waals surface area contributed by atoms with Crippen LogP contribution in [0.5, 0.6) is 0 Å². The topological polar surface area (TPSA) is 117 Å². The maximum Gasteiger partial charge on any atom is 0.268 e. The fourth-order valence-corrected chi connectivity index (χ4v) is 0.767. The van der Waals surface area contributed by atoms with E-state index < -0.39 is 5.91 Å². The van der Waals surface area contributed by atoms with Crippen molar-refractivity contribution in [3.8, 4) is 0 Å². The fraction of sp³-hybridized carbons (Fsp3) is 0.167. The molecule has 0 radical (unpaired) electrons. The Labute approximate surface area is 73.1 Å². The molecule has 7 nitrogen and oxygen atoms in total. The minimum atomic E-state index is -0.448. The quantitative estimate of drug-likeness (QED) is 0.178. The average Bonchev–Trinajstić information content (AvgIpc) is 2.62. The van der Waals surface area contributed by atoms with Crippen molar-refractivity contribution < 1.29 is 9.21 Å². The molecule has 1 rings (SSSR count). The normalized spacial score (nSPS) is 9.00. The van der Waals surface area contributed by atoms with Gasteiger partial charge in [0.05, 0.1) is 12.1 Å². The van der Waals surface area contributed by atoms with Crippen molar-refractivity contribution in [2.45, 2.75) is 6.54 Å². The van der Waals surface area contributed by atoms with E-state index >= 15 is 0 Å². The van der Waals surface area contributed by atoms with Crippen LogP contribution in [0.1, 0.15) is 16.1 Å². The molecular weight excluding hydrogens is 174 g/mol. The van der Waals surface area contributed by atoms with E-state index in [1.807, 2.05) is 5.43 Å². The smallest absolute Gasteiger partial charge is 0.268 e. The van der Waals surface area contributed by atoms with Crippen LogP contribution in [0.15, 0.2) is 21.9 Å². The van der Waals surface area contributed by atoms with Crippen molar-refractivity contribution in [3.05, 3.63) is 34.1 Å². The first kappa shape index (κ1) is 9.11. The lowest BCUT2D eigenvalue weighted by molar-refractivity contribution is 0.0953. The van der Waals surface area contributed by atoms with Crippen LogP contribution in [0.3, 0.4) is 0 Å². The van der Waals surface area contributed by atoms with Crippen molar-refractivity contribution >= 4 is 5.91 Å². The molecule has 0 aromatic carbocycles. The Hall–Kier alpha value is -1.98. The number of nitrogens with one attached hydrogen (secondary N) is 1. The number of amides is 1. The number of nitrogens with zero attached hydrogens (tertiary/aromatic N) is 3. The molecule has 0 aliphatic rings. The molecule has 1 heterocycles. The van der Waals surface area contributed by atoms with Crippen LogP contribution in [0.4, 0.5) is 0 Å². The predicted molar refractivity (Wildman–Crippen MR) is 43.2 cm³/mol. The SMILES string of the molecule is [N-]=[N+]=NCc1cc(C(=O)NN)co1. The second kappa shape index (κ2) is 4.15. The third-order valence-corrected chi connectivity index (χ3v) is 1.34. The van der Waals surface area contributed by atoms with Gasteiger partial charge in [0, 0.05) is 4.91 Å². The zero-order valence-electron chi connectivity index (χ0n) is 6.60. The van der Waals surface area contributed by atoms with Crippen molar-refractivity contribution in [2.75, 3.05) is 0 Å². The molecule has 7 heteroatoms. The minimum absolute atomic E-state index is 0.0777. The first-order valence-corrected chi connectivity index (χ1v) is 3.37. The van der Waals surface area contributed by atoms with E-state index in [2.05, 4.69) is 10.0 Å². The van der Waals surface area contributed by atoms with Crippen LogP contribution < -0.4 is 11.3 Å². The summed E-state index contributed by atoms with van der Waals surface area (Å²) in [5, 5.41) is 3.26. The number of furan rings is 1. The molecule has 1 aromatic heterocycles. The molecule has 0 aliphatic carbocycles. The van der Waals surface area contributed by atoms with E-state index in [-0.39, 0.29) is 6.54 Å². The number of rotatable bonds is 3. The molecule has 1 amide bonds. The first-order chi connectivity index (χ1) is 6.27. The first-order valence-electron chi connectivity index (χ1n) is 3.37. The standard InChI is InChI=1S/C6H7N5O2/c7-10-6(12)4-1-5(13-3-4)2-9-11-8/h1,3H,2,7H2,(H,10,12). The van der Waals surface area contributed by atoms with E-state index in [0.29, 0.717) is 11.3 Å². The van der Waals surface area contributed by atoms with E-state index in [1.165, 1.54) is 12.3 Å². The summed E-state index contributed by atoms with van der Waals surface area (Å²) in [5.74, 6) is 4.86. The summed E-state index contributed by atoms with van der Waals surface area (Å²) in [7, 11) is 0. The van der Waals surface area contributed by atoms with Gasteiger partial charge in [0.1, 0.15) is 12.0 Å². The summed E-state index contributed by atoms with van der Waals surface area (Å²) in [6.45, 7) is 0.0777. The van der Waals surface area contributed by atoms with Gasteiger partial charge in [-0.15, -0.1) is 0 Å². The summed E-state index contributed by atoms with van der Waals surface area (Å²) >= 11 is 0. The van der Waals surface area contributed by atoms with E-state index in [0.717, 1.165) is 0 Å². The monoisotopic (exact) mass is 181 g/mol. The molecular formula is C6H7N5O2. The van der Waals surface area contributed by atoms with Crippen molar-refractivity contribution in [1.82, 2.24) is 5.43 Å². The van der Waals surface area contributed by atoms with Gasteiger partial charge in [-0.1, -0.05) is 5.11 Å². The van der Waals surface area contributed by atoms with Crippen molar-refractivity contribution in [1.29, 1.82) is 0 Å². The number of hydrazine groups is 1. The lowest BCUT2D eigenvalue weighted by Gasteiger charge is -1.90. The molecule has 13 heavy (non-hydrogen) atoms. The van der Waals surface area contributed by atoms with Crippen LogP contribution in [-0.4, -0.2) is 5.91 Å². The van der Waals surface area contributed by atoms with Gasteiger partial charge in [0.2, 0.25) is 0 Å². The van der Waals surface area contributed by atoms with Gasteiger partial charge in [0.25, 0.3) is 5.91 Å². The van der Waals surface area contributed by atoms with Gasteiger partial charge < -0.3 is 4.42 Å². The molecule has 0 bridgehead atoms. The third kappa shape index (κ3) is 2.22. The van der Waals surface area contributed by atoms with E-state index in [9.17, 15) is 4.79 Å². The average molecular weight is 181 g/mol. The Morgan fingerprint density at radius 1 is 1.85 bits per heavy atom. The summed E-state index contributed by atoms with van der Waals surface area (Å²) in [6.07, 6.45) is 1.24. The highest BCUT2D eigenvalue weighted by atomic mass is 16.3. The number of azide groups is 1. The van der Waals surface area contributed by atoms with Gasteiger partial charge >= 0.3 is 0 Å². The van der Waals surface area contributed by atoms with Gasteiger partial charge in [-0.3, -0.25) is 10.2 Å². The van der Waals surface area contributed by atoms with Gasteiger partial charge in [-0.2, -0.15) is 0 Å². The molecule has 1 aromatic rings. The summed E-state index contributed by atoms with van der Waals surface area (Å²) in [6, 6.07) is 1.46. The number of hydrogen-bond donors (Lipinski definition) is 2. The molecule has 0 aliphatic heterocycles. The van der Waals surface area contributed by atoms with Crippen LogP contribution in [0.25, 0.3) is 10.4 Å². The predicted octanol–water partition coefficient (Wildman–Crippen LogP) is 0.693. The molecule has 68 valence electrons. The van der Waals surface area contributed by atoms with Crippen molar-refractivity contribution in [2.24, 2.45) is 11.0 Å². The number of carbonyl (C=O) groups excluding carboxylic acids is 1. The fourth-order valence-electron chi connectivity index (χ4n) is 0.767. The van der Waals surface area contributed by atoms with E-state index in [4.69, 9.17) is 15.8 Å². The van der Waals surface area contributed by atoms with Crippen LogP contribution in [0, 0.1) is 0 Å². The number of hydrogen-bond acceptors (Lipinski definition) is 4. The Morgan fingerprint density at radius 2 is 2.62 bits per heavy atom. The summed E-state index contributed by atoms with van der Waals surface area (Å²) in [5.41, 5.74) is 10.3. The van der Waals surface area contributed by atoms with Gasteiger partial charge in [-0.05, 0) is 11.6 Å². The van der Waals surface area contributed by atoms with Crippen LogP contribution in [0.2, 0.25) is 0 Å². The number of nitrogens with two attached hydrogens (primary N) is 1. The lowest BCUT2D eigenvalue weighted by Crippen LogP contribution is -2.29. The lowest BCUT2D eigenvalue weighted by atomic mass is 10.3. The van der Waals surface area contributed by atoms with Crippen LogP contribution >= 0.6 is 0 Å². The number of nitrogen functional groups attached to an aromatic ring is 1. The molecule has 0 spiro atoms. The summed E-state index contributed by atoms with van der Waals surface area (Å²) in [4.78, 5) is 13.4. The highest BCUT2D eigenvalue weighted by molar-refractivity contribution is 5.93. The maximum absolute atomic E-state index is 10.9. The molecule has 0 saturated carbocycles. The third-order valence-electron chi connectivity index (χ3n) is 1.34. The Kier molecular flexibility index (Phi) is 2.91. The zero-order valence-corrected chi connectivity index (χ0v) is 6.60. The molecule has 0 saturated heterocycles. The van der Waals surface area contributed by atoms with Gasteiger partial charge in [0.15, 0.2) is 0 Å². The Balaban J connectivity index is 2.74. The Bertz CT molecular complexity index is 352. The maximum atomic E-state index is 10.9.